The monoisotopic (exact) mass is 348 g/mol. The number of hydrogen-bond acceptors (Lipinski definition) is 4. The van der Waals surface area contributed by atoms with Crippen LogP contribution in [0.5, 0.6) is 5.88 Å². The van der Waals surface area contributed by atoms with Crippen LogP contribution in [0, 0.1) is 0 Å². The van der Waals surface area contributed by atoms with Crippen LogP contribution in [0.15, 0.2) is 24.4 Å². The van der Waals surface area contributed by atoms with E-state index in [0.29, 0.717) is 39.8 Å². The fourth-order valence-corrected chi connectivity index (χ4v) is 2.87. The Labute approximate surface area is 144 Å². The Hall–Kier alpha value is -2.21. The van der Waals surface area contributed by atoms with Gasteiger partial charge in [-0.2, -0.15) is 5.10 Å². The van der Waals surface area contributed by atoms with E-state index in [-0.39, 0.29) is 11.7 Å². The number of halogens is 2. The predicted octanol–water partition coefficient (Wildman–Crippen LogP) is 4.60. The van der Waals surface area contributed by atoms with E-state index >= 15 is 0 Å². The molecule has 3 aromatic heterocycles. The summed E-state index contributed by atoms with van der Waals surface area (Å²) in [5, 5.41) is 4.78. The fraction of sp³-hybridized carbons (Fsp3) is 0.353. The van der Waals surface area contributed by atoms with E-state index in [0.717, 1.165) is 0 Å². The second-order valence-electron chi connectivity index (χ2n) is 5.59. The molecule has 5 nitrogen and oxygen atoms in total. The Morgan fingerprint density at radius 1 is 1.38 bits per heavy atom. The molecule has 0 spiro atoms. The second-order valence-corrected chi connectivity index (χ2v) is 6.00. The maximum atomic E-state index is 13.4. The molecular weight excluding hydrogens is 331 g/mol. The van der Waals surface area contributed by atoms with Gasteiger partial charge in [-0.15, -0.1) is 0 Å². The molecule has 0 aliphatic heterocycles. The molecule has 3 aromatic rings. The Balaban J connectivity index is 2.25. The lowest BCUT2D eigenvalue weighted by Crippen LogP contribution is -2.03. The Kier molecular flexibility index (Phi) is 4.66. The SMILES string of the molecule is CCOc1ncccc1-c1cc(Cl)c2c(n1)c(CF)nn2C(C)C. The Morgan fingerprint density at radius 3 is 2.83 bits per heavy atom. The largest absolute Gasteiger partial charge is 0.477 e. The van der Waals surface area contributed by atoms with Crippen molar-refractivity contribution in [2.45, 2.75) is 33.5 Å². The van der Waals surface area contributed by atoms with Crippen LogP contribution in [0.2, 0.25) is 5.02 Å². The Morgan fingerprint density at radius 2 is 2.17 bits per heavy atom. The van der Waals surface area contributed by atoms with Crippen LogP contribution in [-0.2, 0) is 6.67 Å². The molecule has 0 saturated heterocycles. The first-order valence-electron chi connectivity index (χ1n) is 7.78. The highest BCUT2D eigenvalue weighted by atomic mass is 35.5. The fourth-order valence-electron chi connectivity index (χ4n) is 2.59. The number of ether oxygens (including phenoxy) is 1. The van der Waals surface area contributed by atoms with Crippen molar-refractivity contribution in [3.63, 3.8) is 0 Å². The third-order valence-corrected chi connectivity index (χ3v) is 3.91. The number of fused-ring (bicyclic) bond motifs is 1. The van der Waals surface area contributed by atoms with Gasteiger partial charge in [-0.25, -0.2) is 14.4 Å². The van der Waals surface area contributed by atoms with Crippen molar-refractivity contribution in [1.82, 2.24) is 19.7 Å². The molecular formula is C17H18ClFN4O. The number of pyridine rings is 2. The van der Waals surface area contributed by atoms with Gasteiger partial charge < -0.3 is 4.74 Å². The van der Waals surface area contributed by atoms with Crippen molar-refractivity contribution in [3.05, 3.63) is 35.1 Å². The third kappa shape index (κ3) is 2.82. The molecule has 126 valence electrons. The van der Waals surface area contributed by atoms with Crippen molar-refractivity contribution in [2.24, 2.45) is 0 Å². The molecule has 0 aromatic carbocycles. The zero-order valence-electron chi connectivity index (χ0n) is 13.8. The molecule has 0 saturated carbocycles. The predicted molar refractivity (Wildman–Crippen MR) is 92.1 cm³/mol. The summed E-state index contributed by atoms with van der Waals surface area (Å²) < 4.78 is 20.7. The average Bonchev–Trinajstić information content (AvgIpc) is 2.95. The van der Waals surface area contributed by atoms with Gasteiger partial charge in [0.05, 0.1) is 22.9 Å². The summed E-state index contributed by atoms with van der Waals surface area (Å²) in [6, 6.07) is 5.44. The number of rotatable bonds is 5. The van der Waals surface area contributed by atoms with Crippen LogP contribution >= 0.6 is 11.6 Å². The molecule has 24 heavy (non-hydrogen) atoms. The molecule has 0 fully saturated rings. The van der Waals surface area contributed by atoms with Gasteiger partial charge in [0, 0.05) is 12.2 Å². The van der Waals surface area contributed by atoms with Gasteiger partial charge in [-0.3, -0.25) is 4.68 Å². The molecule has 0 aliphatic rings. The van der Waals surface area contributed by atoms with Crippen LogP contribution in [0.4, 0.5) is 4.39 Å². The summed E-state index contributed by atoms with van der Waals surface area (Å²) >= 11 is 6.48. The van der Waals surface area contributed by atoms with Gasteiger partial charge in [0.2, 0.25) is 5.88 Å². The number of hydrogen-bond donors (Lipinski definition) is 0. The maximum absolute atomic E-state index is 13.4. The summed E-state index contributed by atoms with van der Waals surface area (Å²) in [4.78, 5) is 8.83. The second kappa shape index (κ2) is 6.73. The van der Waals surface area contributed by atoms with Crippen LogP contribution in [0.3, 0.4) is 0 Å². The molecule has 0 amide bonds. The molecule has 0 unspecified atom stereocenters. The highest BCUT2D eigenvalue weighted by molar-refractivity contribution is 6.35. The van der Waals surface area contributed by atoms with E-state index in [4.69, 9.17) is 16.3 Å². The molecule has 3 heterocycles. The molecule has 0 radical (unpaired) electrons. The van der Waals surface area contributed by atoms with E-state index in [1.165, 1.54) is 0 Å². The van der Waals surface area contributed by atoms with E-state index < -0.39 is 6.67 Å². The number of nitrogens with zero attached hydrogens (tertiary/aromatic N) is 4. The summed E-state index contributed by atoms with van der Waals surface area (Å²) in [6.07, 6.45) is 1.65. The van der Waals surface area contributed by atoms with Gasteiger partial charge >= 0.3 is 0 Å². The molecule has 0 bridgehead atoms. The van der Waals surface area contributed by atoms with E-state index in [1.54, 1.807) is 23.0 Å². The number of aromatic nitrogens is 4. The normalized spacial score (nSPS) is 11.4. The van der Waals surface area contributed by atoms with Crippen molar-refractivity contribution < 1.29 is 9.13 Å². The van der Waals surface area contributed by atoms with Crippen molar-refractivity contribution in [1.29, 1.82) is 0 Å². The smallest absolute Gasteiger partial charge is 0.222 e. The first kappa shape index (κ1) is 16.6. The summed E-state index contributed by atoms with van der Waals surface area (Å²) in [6.45, 7) is 5.60. The Bertz CT molecular complexity index is 878. The maximum Gasteiger partial charge on any atom is 0.222 e. The van der Waals surface area contributed by atoms with Crippen molar-refractivity contribution >= 4 is 22.6 Å². The minimum atomic E-state index is -0.700. The van der Waals surface area contributed by atoms with Gasteiger partial charge in [0.25, 0.3) is 0 Å². The lowest BCUT2D eigenvalue weighted by atomic mass is 10.1. The first-order valence-corrected chi connectivity index (χ1v) is 8.16. The van der Waals surface area contributed by atoms with Gasteiger partial charge in [0.1, 0.15) is 23.4 Å². The highest BCUT2D eigenvalue weighted by Gasteiger charge is 2.19. The lowest BCUT2D eigenvalue weighted by Gasteiger charge is -2.11. The highest BCUT2D eigenvalue weighted by Crippen LogP contribution is 2.34. The minimum absolute atomic E-state index is 0.0512. The molecule has 0 atom stereocenters. The lowest BCUT2D eigenvalue weighted by molar-refractivity contribution is 0.328. The van der Waals surface area contributed by atoms with Crippen LogP contribution in [-0.4, -0.2) is 26.4 Å². The topological polar surface area (TPSA) is 52.8 Å². The summed E-state index contributed by atoms with van der Waals surface area (Å²) in [7, 11) is 0. The van der Waals surface area contributed by atoms with E-state index in [9.17, 15) is 4.39 Å². The number of alkyl halides is 1. The van der Waals surface area contributed by atoms with Crippen molar-refractivity contribution in [3.8, 4) is 17.1 Å². The molecule has 0 N–H and O–H groups in total. The summed E-state index contributed by atoms with van der Waals surface area (Å²) in [5.41, 5.74) is 2.70. The summed E-state index contributed by atoms with van der Waals surface area (Å²) in [5.74, 6) is 0.473. The van der Waals surface area contributed by atoms with Gasteiger partial charge in [-0.05, 0) is 39.0 Å². The first-order chi connectivity index (χ1) is 11.6. The molecule has 3 rings (SSSR count). The van der Waals surface area contributed by atoms with E-state index in [1.807, 2.05) is 26.8 Å². The quantitative estimate of drug-likeness (QED) is 0.676. The van der Waals surface area contributed by atoms with Crippen molar-refractivity contribution in [2.75, 3.05) is 6.61 Å². The third-order valence-electron chi connectivity index (χ3n) is 3.62. The average molecular weight is 349 g/mol. The van der Waals surface area contributed by atoms with Gasteiger partial charge in [-0.1, -0.05) is 11.6 Å². The molecule has 7 heteroatoms. The van der Waals surface area contributed by atoms with Crippen LogP contribution in [0.1, 0.15) is 32.5 Å². The zero-order valence-corrected chi connectivity index (χ0v) is 14.5. The van der Waals surface area contributed by atoms with Gasteiger partial charge in [0.15, 0.2) is 0 Å². The van der Waals surface area contributed by atoms with Crippen LogP contribution < -0.4 is 4.74 Å². The molecule has 0 aliphatic carbocycles. The van der Waals surface area contributed by atoms with Crippen LogP contribution in [0.25, 0.3) is 22.3 Å². The van der Waals surface area contributed by atoms with E-state index in [2.05, 4.69) is 15.1 Å². The minimum Gasteiger partial charge on any atom is -0.477 e. The zero-order chi connectivity index (χ0) is 17.3. The standard InChI is InChI=1S/C17H18ClFN4O/c1-4-24-17-11(6-5-7-20-17)13-8-12(18)16-15(21-13)14(9-19)22-23(16)10(2)3/h5-8,10H,4,9H2,1-3H3.